The molecule has 2 atom stereocenters. The molecule has 31 heavy (non-hydrogen) atoms. The lowest BCUT2D eigenvalue weighted by molar-refractivity contribution is 0.0108. The minimum Gasteiger partial charge on any atom is -0.382 e. The van der Waals surface area contributed by atoms with E-state index in [1.807, 2.05) is 30.3 Å². The van der Waals surface area contributed by atoms with Crippen molar-refractivity contribution < 1.29 is 27.0 Å². The Morgan fingerprint density at radius 3 is 2.58 bits per heavy atom. The van der Waals surface area contributed by atoms with Crippen molar-refractivity contribution in [1.82, 2.24) is 14.8 Å². The van der Waals surface area contributed by atoms with Crippen molar-refractivity contribution in [3.63, 3.8) is 0 Å². The van der Waals surface area contributed by atoms with Gasteiger partial charge < -0.3 is 9.84 Å². The molecule has 0 fully saturated rings. The fourth-order valence-electron chi connectivity index (χ4n) is 3.25. The lowest BCUT2D eigenvalue weighted by Crippen LogP contribution is -2.47. The Morgan fingerprint density at radius 1 is 1.19 bits per heavy atom. The first-order valence-electron chi connectivity index (χ1n) is 9.56. The summed E-state index contributed by atoms with van der Waals surface area (Å²) in [5.41, 5.74) is -1.67. The number of sulfone groups is 1. The van der Waals surface area contributed by atoms with Crippen molar-refractivity contribution in [2.24, 2.45) is 0 Å². The Bertz CT molecular complexity index is 1100. The highest BCUT2D eigenvalue weighted by atomic mass is 32.2. The van der Waals surface area contributed by atoms with Gasteiger partial charge in [0, 0.05) is 11.6 Å². The summed E-state index contributed by atoms with van der Waals surface area (Å²) in [5, 5.41) is 13.8. The van der Waals surface area contributed by atoms with Crippen LogP contribution in [0.1, 0.15) is 18.1 Å². The minimum absolute atomic E-state index is 0.104. The molecule has 0 aliphatic rings. The van der Waals surface area contributed by atoms with Crippen LogP contribution in [-0.4, -0.2) is 45.9 Å². The third-order valence-electron chi connectivity index (χ3n) is 5.10. The number of hydrogen-bond acceptors (Lipinski definition) is 6. The highest BCUT2D eigenvalue weighted by molar-refractivity contribution is 7.92. The number of aliphatic hydroxyl groups is 1. The van der Waals surface area contributed by atoms with Gasteiger partial charge >= 0.3 is 0 Å². The Labute approximate surface area is 179 Å². The zero-order valence-corrected chi connectivity index (χ0v) is 17.7. The van der Waals surface area contributed by atoms with Gasteiger partial charge in [-0.1, -0.05) is 36.4 Å². The molecule has 3 rings (SSSR count). The number of rotatable bonds is 10. The molecule has 0 saturated carbocycles. The van der Waals surface area contributed by atoms with Gasteiger partial charge in [-0.3, -0.25) is 0 Å². The molecule has 10 heteroatoms. The van der Waals surface area contributed by atoms with Gasteiger partial charge in [0.05, 0.1) is 30.8 Å². The average molecular weight is 451 g/mol. The molecule has 7 nitrogen and oxygen atoms in total. The van der Waals surface area contributed by atoms with Crippen LogP contribution in [0.4, 0.5) is 8.78 Å². The monoisotopic (exact) mass is 451 g/mol. The number of halogens is 2. The topological polar surface area (TPSA) is 94.3 Å². The van der Waals surface area contributed by atoms with Crippen LogP contribution in [0.25, 0.3) is 0 Å². The zero-order valence-electron chi connectivity index (χ0n) is 16.9. The van der Waals surface area contributed by atoms with Gasteiger partial charge in [-0.05, 0) is 18.6 Å². The predicted molar refractivity (Wildman–Crippen MR) is 110 cm³/mol. The molecule has 166 valence electrons. The second-order valence-corrected chi connectivity index (χ2v) is 9.63. The van der Waals surface area contributed by atoms with Gasteiger partial charge in [0.25, 0.3) is 0 Å². The maximum atomic E-state index is 14.6. The average Bonchev–Trinajstić information content (AvgIpc) is 3.24. The Balaban J connectivity index is 1.80. The van der Waals surface area contributed by atoms with Crippen LogP contribution in [0.3, 0.4) is 0 Å². The van der Waals surface area contributed by atoms with E-state index in [1.165, 1.54) is 24.3 Å². The van der Waals surface area contributed by atoms with E-state index in [2.05, 4.69) is 10.1 Å². The molecular weight excluding hydrogens is 428 g/mol. The minimum atomic E-state index is -3.95. The molecule has 3 aromatic rings. The van der Waals surface area contributed by atoms with Crippen LogP contribution in [0.2, 0.25) is 0 Å². The van der Waals surface area contributed by atoms with E-state index in [0.717, 1.165) is 17.7 Å². The van der Waals surface area contributed by atoms with E-state index in [-0.39, 0.29) is 31.1 Å². The maximum absolute atomic E-state index is 14.6. The van der Waals surface area contributed by atoms with Crippen molar-refractivity contribution in [2.75, 3.05) is 12.4 Å². The van der Waals surface area contributed by atoms with Gasteiger partial charge in [-0.15, -0.1) is 0 Å². The molecule has 2 aromatic carbocycles. The van der Waals surface area contributed by atoms with Crippen molar-refractivity contribution in [3.8, 4) is 0 Å². The first kappa shape index (κ1) is 23.0. The van der Waals surface area contributed by atoms with Crippen molar-refractivity contribution in [1.29, 1.82) is 0 Å². The van der Waals surface area contributed by atoms with E-state index in [1.54, 1.807) is 0 Å². The summed E-state index contributed by atoms with van der Waals surface area (Å²) in [4.78, 5) is 3.77. The number of aromatic nitrogens is 3. The van der Waals surface area contributed by atoms with E-state index in [0.29, 0.717) is 6.07 Å². The predicted octanol–water partition coefficient (Wildman–Crippen LogP) is 2.46. The van der Waals surface area contributed by atoms with Crippen LogP contribution in [0.5, 0.6) is 0 Å². The molecular formula is C21H23F2N3O4S. The highest BCUT2D eigenvalue weighted by Gasteiger charge is 2.45. The number of benzene rings is 2. The largest absolute Gasteiger partial charge is 0.382 e. The summed E-state index contributed by atoms with van der Waals surface area (Å²) in [6.45, 7) is 1.03. The molecule has 0 spiro atoms. The van der Waals surface area contributed by atoms with Gasteiger partial charge in [0.2, 0.25) is 0 Å². The molecule has 0 saturated heterocycles. The maximum Gasteiger partial charge on any atom is 0.158 e. The van der Waals surface area contributed by atoms with Gasteiger partial charge in [0.1, 0.15) is 29.9 Å². The normalized spacial score (nSPS) is 14.8. The third-order valence-corrected chi connectivity index (χ3v) is 7.31. The molecule has 1 aromatic heterocycles. The van der Waals surface area contributed by atoms with Crippen LogP contribution in [0, 0.1) is 11.6 Å². The molecule has 0 aliphatic heterocycles. The fraction of sp³-hybridized carbons (Fsp3) is 0.333. The standard InChI is InChI=1S/C21H23F2N3O4S/c1-16(31(28,29)10-9-30-12-17-5-3-2-4-6-17)21(27,13-26-15-24-14-25-26)19-8-7-18(22)11-20(19)23/h2-8,11,14-16,27H,9-10,12-13H2,1H3/t16-,21-/m1/s1. The lowest BCUT2D eigenvalue weighted by atomic mass is 9.90. The quantitative estimate of drug-likeness (QED) is 0.476. The second kappa shape index (κ2) is 9.63. The van der Waals surface area contributed by atoms with E-state index >= 15 is 0 Å². The smallest absolute Gasteiger partial charge is 0.158 e. The van der Waals surface area contributed by atoms with E-state index in [9.17, 15) is 22.3 Å². The molecule has 0 amide bonds. The summed E-state index contributed by atoms with van der Waals surface area (Å²) in [6, 6.07) is 11.9. The summed E-state index contributed by atoms with van der Waals surface area (Å²) >= 11 is 0. The fourth-order valence-corrected chi connectivity index (χ4v) is 4.75. The molecule has 0 aliphatic carbocycles. The van der Waals surface area contributed by atoms with Crippen LogP contribution in [-0.2, 0) is 33.3 Å². The Hall–Kier alpha value is -2.69. The second-order valence-electron chi connectivity index (χ2n) is 7.19. The van der Waals surface area contributed by atoms with Crippen molar-refractivity contribution in [3.05, 3.63) is 83.9 Å². The summed E-state index contributed by atoms with van der Waals surface area (Å²) in [7, 11) is -3.95. The Morgan fingerprint density at radius 2 is 1.94 bits per heavy atom. The Kier molecular flexibility index (Phi) is 7.14. The lowest BCUT2D eigenvalue weighted by Gasteiger charge is -2.34. The molecule has 1 N–H and O–H groups in total. The summed E-state index contributed by atoms with van der Waals surface area (Å²) < 4.78 is 60.6. The number of nitrogens with zero attached hydrogens (tertiary/aromatic N) is 3. The first-order chi connectivity index (χ1) is 14.7. The number of ether oxygens (including phenoxy) is 1. The molecule has 0 unspecified atom stereocenters. The zero-order chi connectivity index (χ0) is 22.5. The van der Waals surface area contributed by atoms with E-state index < -0.39 is 32.3 Å². The first-order valence-corrected chi connectivity index (χ1v) is 11.3. The summed E-state index contributed by atoms with van der Waals surface area (Å²) in [6.07, 6.45) is 2.48. The van der Waals surface area contributed by atoms with Gasteiger partial charge in [-0.25, -0.2) is 26.9 Å². The van der Waals surface area contributed by atoms with Crippen molar-refractivity contribution >= 4 is 9.84 Å². The SMILES string of the molecule is C[C@H]([C@](O)(Cn1cncn1)c1ccc(F)cc1F)S(=O)(=O)CCOCc1ccccc1. The molecule has 1 heterocycles. The number of hydrogen-bond donors (Lipinski definition) is 1. The highest BCUT2D eigenvalue weighted by Crippen LogP contribution is 2.33. The molecule has 0 bridgehead atoms. The third kappa shape index (κ3) is 5.52. The van der Waals surface area contributed by atoms with Crippen LogP contribution in [0.15, 0.2) is 61.2 Å². The van der Waals surface area contributed by atoms with Crippen LogP contribution < -0.4 is 0 Å². The van der Waals surface area contributed by atoms with Gasteiger partial charge in [-0.2, -0.15) is 5.10 Å². The van der Waals surface area contributed by atoms with Gasteiger partial charge in [0.15, 0.2) is 9.84 Å². The summed E-state index contributed by atoms with van der Waals surface area (Å²) in [5.74, 6) is -2.28. The van der Waals surface area contributed by atoms with E-state index in [4.69, 9.17) is 4.74 Å². The van der Waals surface area contributed by atoms with Crippen LogP contribution >= 0.6 is 0 Å². The molecule has 0 radical (unpaired) electrons. The van der Waals surface area contributed by atoms with Crippen molar-refractivity contribution in [2.45, 2.75) is 30.9 Å².